The summed E-state index contributed by atoms with van der Waals surface area (Å²) in [6.07, 6.45) is 9.03. The Morgan fingerprint density at radius 1 is 0.926 bits per heavy atom. The Kier molecular flexibility index (Phi) is 5.53. The molecule has 1 amide bonds. The topological polar surface area (TPSA) is 36.4 Å². The molecule has 27 heavy (non-hydrogen) atoms. The summed E-state index contributed by atoms with van der Waals surface area (Å²) in [7, 11) is 0. The molecule has 1 spiro atoms. The van der Waals surface area contributed by atoms with Crippen molar-refractivity contribution in [3.05, 3.63) is 66.0 Å². The summed E-state index contributed by atoms with van der Waals surface area (Å²) in [5.74, 6) is 0.371. The summed E-state index contributed by atoms with van der Waals surface area (Å²) < 4.78 is 0. The number of aryl methyl sites for hydroxylation is 1. The Morgan fingerprint density at radius 3 is 2.41 bits per heavy atom. The molecule has 1 aromatic carbocycles. The normalized spacial score (nSPS) is 19.7. The maximum atomic E-state index is 13.1. The van der Waals surface area contributed by atoms with E-state index in [2.05, 4.69) is 46.3 Å². The van der Waals surface area contributed by atoms with Gasteiger partial charge >= 0.3 is 0 Å². The Hall–Kier alpha value is -2.20. The molecule has 4 nitrogen and oxygen atoms in total. The first-order valence-electron chi connectivity index (χ1n) is 10.2. The fraction of sp³-hybridized carbons (Fsp3) is 0.478. The van der Waals surface area contributed by atoms with Crippen LogP contribution in [-0.2, 0) is 17.8 Å². The zero-order chi connectivity index (χ0) is 18.5. The number of likely N-dealkylation sites (tertiary alicyclic amines) is 2. The van der Waals surface area contributed by atoms with E-state index in [1.807, 2.05) is 17.2 Å². The minimum Gasteiger partial charge on any atom is -0.338 e. The minimum absolute atomic E-state index is 0.0991. The molecule has 3 heterocycles. The molecule has 2 aliphatic heterocycles. The highest BCUT2D eigenvalue weighted by atomic mass is 16.2. The Labute approximate surface area is 162 Å². The summed E-state index contributed by atoms with van der Waals surface area (Å²) in [5.41, 5.74) is 2.45. The third kappa shape index (κ3) is 4.22. The lowest BCUT2D eigenvalue weighted by atomic mass is 9.77. The molecule has 4 heteroatoms. The zero-order valence-corrected chi connectivity index (χ0v) is 16.0. The van der Waals surface area contributed by atoms with Gasteiger partial charge in [-0.2, -0.15) is 0 Å². The summed E-state index contributed by atoms with van der Waals surface area (Å²) in [4.78, 5) is 21.8. The van der Waals surface area contributed by atoms with Gasteiger partial charge in [0.2, 0.25) is 5.91 Å². The lowest BCUT2D eigenvalue weighted by Crippen LogP contribution is -2.44. The Bertz CT molecular complexity index is 739. The van der Waals surface area contributed by atoms with E-state index in [4.69, 9.17) is 0 Å². The number of rotatable bonds is 6. The van der Waals surface area contributed by atoms with Gasteiger partial charge < -0.3 is 9.80 Å². The van der Waals surface area contributed by atoms with Gasteiger partial charge in [0.05, 0.1) is 5.41 Å². The van der Waals surface area contributed by atoms with Crippen LogP contribution >= 0.6 is 0 Å². The highest BCUT2D eigenvalue weighted by Gasteiger charge is 2.47. The maximum absolute atomic E-state index is 13.1. The molecule has 2 aliphatic rings. The van der Waals surface area contributed by atoms with Gasteiger partial charge in [0, 0.05) is 25.5 Å². The lowest BCUT2D eigenvalue weighted by Gasteiger charge is -2.38. The molecule has 0 saturated carbocycles. The third-order valence-electron chi connectivity index (χ3n) is 6.29. The number of nitrogens with zero attached hydrogens (tertiary/aromatic N) is 3. The summed E-state index contributed by atoms with van der Waals surface area (Å²) in [6.45, 7) is 4.85. The summed E-state index contributed by atoms with van der Waals surface area (Å²) in [5, 5.41) is 0. The average molecular weight is 364 g/mol. The summed E-state index contributed by atoms with van der Waals surface area (Å²) in [6, 6.07) is 14.7. The average Bonchev–Trinajstić information content (AvgIpc) is 3.01. The van der Waals surface area contributed by atoms with Gasteiger partial charge in [0.25, 0.3) is 0 Å². The van der Waals surface area contributed by atoms with Crippen LogP contribution in [0, 0.1) is 5.41 Å². The van der Waals surface area contributed by atoms with Gasteiger partial charge in [-0.05, 0) is 68.9 Å². The number of aromatic nitrogens is 1. The van der Waals surface area contributed by atoms with Crippen molar-refractivity contribution in [2.75, 3.05) is 26.2 Å². The fourth-order valence-corrected chi connectivity index (χ4v) is 4.58. The molecule has 4 rings (SSSR count). The number of pyridine rings is 1. The fourth-order valence-electron chi connectivity index (χ4n) is 4.58. The second kappa shape index (κ2) is 8.22. The van der Waals surface area contributed by atoms with Crippen molar-refractivity contribution in [3.63, 3.8) is 0 Å². The van der Waals surface area contributed by atoms with E-state index in [1.165, 1.54) is 12.0 Å². The van der Waals surface area contributed by atoms with Crippen molar-refractivity contribution in [1.82, 2.24) is 14.8 Å². The first-order chi connectivity index (χ1) is 13.3. The molecule has 2 saturated heterocycles. The molecule has 0 atom stereocenters. The Morgan fingerprint density at radius 2 is 1.67 bits per heavy atom. The third-order valence-corrected chi connectivity index (χ3v) is 6.29. The predicted molar refractivity (Wildman–Crippen MR) is 107 cm³/mol. The second-order valence-electron chi connectivity index (χ2n) is 8.05. The smallest absolute Gasteiger partial charge is 0.229 e. The summed E-state index contributed by atoms with van der Waals surface area (Å²) >= 11 is 0. The number of carbonyl (C=O) groups excluding carboxylic acids is 1. The number of piperidine rings is 1. The quantitative estimate of drug-likeness (QED) is 0.788. The van der Waals surface area contributed by atoms with E-state index < -0.39 is 0 Å². The molecule has 0 unspecified atom stereocenters. The van der Waals surface area contributed by atoms with Crippen molar-refractivity contribution in [1.29, 1.82) is 0 Å². The van der Waals surface area contributed by atoms with Crippen LogP contribution in [-0.4, -0.2) is 46.9 Å². The maximum Gasteiger partial charge on any atom is 0.229 e. The van der Waals surface area contributed by atoms with E-state index in [0.29, 0.717) is 12.5 Å². The van der Waals surface area contributed by atoms with Gasteiger partial charge in [-0.25, -0.2) is 0 Å². The number of carbonyl (C=O) groups is 1. The van der Waals surface area contributed by atoms with E-state index in [0.717, 1.165) is 57.4 Å². The first kappa shape index (κ1) is 18.2. The van der Waals surface area contributed by atoms with Crippen LogP contribution in [0.2, 0.25) is 0 Å². The molecular weight excluding hydrogens is 334 g/mol. The minimum atomic E-state index is -0.0991. The van der Waals surface area contributed by atoms with Crippen molar-refractivity contribution in [2.45, 2.75) is 38.6 Å². The van der Waals surface area contributed by atoms with Crippen LogP contribution in [0.4, 0.5) is 0 Å². The lowest BCUT2D eigenvalue weighted by molar-refractivity contribution is -0.138. The molecule has 2 fully saturated rings. The largest absolute Gasteiger partial charge is 0.338 e. The van der Waals surface area contributed by atoms with Crippen LogP contribution in [0.5, 0.6) is 0 Å². The van der Waals surface area contributed by atoms with Crippen LogP contribution in [0.25, 0.3) is 0 Å². The molecule has 2 aromatic rings. The molecule has 0 bridgehead atoms. The molecule has 0 N–H and O–H groups in total. The van der Waals surface area contributed by atoms with E-state index >= 15 is 0 Å². The van der Waals surface area contributed by atoms with Gasteiger partial charge in [0.15, 0.2) is 0 Å². The monoisotopic (exact) mass is 363 g/mol. The molecule has 142 valence electrons. The highest BCUT2D eigenvalue weighted by molar-refractivity contribution is 5.85. The Balaban J connectivity index is 1.25. The van der Waals surface area contributed by atoms with Crippen LogP contribution in [0.3, 0.4) is 0 Å². The van der Waals surface area contributed by atoms with Crippen molar-refractivity contribution in [3.8, 4) is 0 Å². The van der Waals surface area contributed by atoms with Gasteiger partial charge in [-0.1, -0.05) is 36.4 Å². The second-order valence-corrected chi connectivity index (χ2v) is 8.05. The first-order valence-corrected chi connectivity index (χ1v) is 10.2. The van der Waals surface area contributed by atoms with Crippen LogP contribution in [0.15, 0.2) is 54.9 Å². The highest BCUT2D eigenvalue weighted by Crippen LogP contribution is 2.42. The number of amides is 1. The molecule has 1 aromatic heterocycles. The SMILES string of the molecule is O=C1N(Cc2cccnc2)CCC12CCN(CCCc1ccccc1)CC2. The predicted octanol–water partition coefficient (Wildman–Crippen LogP) is 3.53. The number of hydrogen-bond acceptors (Lipinski definition) is 3. The standard InChI is InChI=1S/C23H29N3O/c27-22-23(12-17-26(22)19-21-8-4-13-24-18-21)10-15-25(16-11-23)14-5-9-20-6-2-1-3-7-20/h1-4,6-8,13,18H,5,9-12,14-17,19H2. The molecular formula is C23H29N3O. The molecule has 0 radical (unpaired) electrons. The van der Waals surface area contributed by atoms with Crippen molar-refractivity contribution in [2.24, 2.45) is 5.41 Å². The van der Waals surface area contributed by atoms with Gasteiger partial charge in [0.1, 0.15) is 0 Å². The van der Waals surface area contributed by atoms with Crippen LogP contribution in [0.1, 0.15) is 36.8 Å². The number of benzene rings is 1. The van der Waals surface area contributed by atoms with Gasteiger partial charge in [-0.3, -0.25) is 9.78 Å². The van der Waals surface area contributed by atoms with Crippen molar-refractivity contribution >= 4 is 5.91 Å². The van der Waals surface area contributed by atoms with E-state index in [1.54, 1.807) is 6.20 Å². The van der Waals surface area contributed by atoms with Crippen molar-refractivity contribution < 1.29 is 4.79 Å². The van der Waals surface area contributed by atoms with Crippen LogP contribution < -0.4 is 0 Å². The van der Waals surface area contributed by atoms with E-state index in [9.17, 15) is 4.79 Å². The zero-order valence-electron chi connectivity index (χ0n) is 16.0. The number of hydrogen-bond donors (Lipinski definition) is 0. The molecule has 0 aliphatic carbocycles. The van der Waals surface area contributed by atoms with Gasteiger partial charge in [-0.15, -0.1) is 0 Å². The van der Waals surface area contributed by atoms with E-state index in [-0.39, 0.29) is 5.41 Å².